The topological polar surface area (TPSA) is 74.7 Å². The Labute approximate surface area is 187 Å². The largest absolute Gasteiger partial charge is 0.480 e. The van der Waals surface area contributed by atoms with E-state index in [0.29, 0.717) is 0 Å². The summed E-state index contributed by atoms with van der Waals surface area (Å²) in [6.07, 6.45) is 0. The Kier molecular flexibility index (Phi) is 13.1. The quantitative estimate of drug-likeness (QED) is 0.542. The van der Waals surface area contributed by atoms with E-state index in [9.17, 15) is 13.2 Å². The van der Waals surface area contributed by atoms with Gasteiger partial charge < -0.3 is 5.11 Å². The van der Waals surface area contributed by atoms with Crippen LogP contribution in [0.15, 0.2) is 71.6 Å². The van der Waals surface area contributed by atoms with Crippen LogP contribution < -0.4 is 0 Å². The van der Waals surface area contributed by atoms with Crippen LogP contribution in [0.5, 0.6) is 0 Å². The number of rotatable bonds is 4. The third-order valence-corrected chi connectivity index (χ3v) is 5.70. The molecule has 0 heterocycles. The van der Waals surface area contributed by atoms with Crippen molar-refractivity contribution in [1.29, 1.82) is 0 Å². The lowest BCUT2D eigenvalue weighted by Crippen LogP contribution is -2.32. The van der Waals surface area contributed by atoms with Crippen LogP contribution in [0.25, 0.3) is 10.8 Å². The third kappa shape index (κ3) is 9.32. The van der Waals surface area contributed by atoms with Gasteiger partial charge in [0.25, 0.3) is 0 Å². The normalized spacial score (nSPS) is 10.1. The smallest absolute Gasteiger partial charge is 0.318 e. The van der Waals surface area contributed by atoms with E-state index in [2.05, 4.69) is 48.5 Å². The first-order valence-electron chi connectivity index (χ1n) is 10.4. The van der Waals surface area contributed by atoms with E-state index in [1.54, 1.807) is 13.8 Å². The predicted molar refractivity (Wildman–Crippen MR) is 130 cm³/mol. The highest BCUT2D eigenvalue weighted by Gasteiger charge is 2.23. The van der Waals surface area contributed by atoms with E-state index in [-0.39, 0.29) is 4.90 Å². The summed E-state index contributed by atoms with van der Waals surface area (Å²) in [5, 5.41) is 11.2. The average Bonchev–Trinajstić information content (AvgIpc) is 2.76. The fourth-order valence-electron chi connectivity index (χ4n) is 2.67. The molecule has 0 amide bonds. The fourth-order valence-corrected chi connectivity index (χ4v) is 3.98. The lowest BCUT2D eigenvalue weighted by atomic mass is 10.1. The van der Waals surface area contributed by atoms with E-state index >= 15 is 0 Å². The van der Waals surface area contributed by atoms with Crippen LogP contribution in [0.1, 0.15) is 38.8 Å². The molecule has 0 saturated heterocycles. The van der Waals surface area contributed by atoms with E-state index in [0.717, 1.165) is 15.4 Å². The summed E-state index contributed by atoms with van der Waals surface area (Å²) < 4.78 is 24.9. The summed E-state index contributed by atoms with van der Waals surface area (Å²) in [4.78, 5) is 10.6. The number of fused-ring (bicyclic) bond motifs is 1. The third-order valence-electron chi connectivity index (χ3n) is 3.92. The molecule has 0 spiro atoms. The number of likely N-dealkylation sites (N-methyl/N-ethyl adjacent to an activating group) is 1. The van der Waals surface area contributed by atoms with Gasteiger partial charge in [0.1, 0.15) is 6.54 Å². The minimum absolute atomic E-state index is 0.124. The summed E-state index contributed by atoms with van der Waals surface area (Å²) >= 11 is 0. The van der Waals surface area contributed by atoms with Gasteiger partial charge in [-0.05, 0) is 47.9 Å². The van der Waals surface area contributed by atoms with Crippen LogP contribution in [0.4, 0.5) is 0 Å². The molecule has 0 aliphatic rings. The minimum Gasteiger partial charge on any atom is -0.480 e. The lowest BCUT2D eigenvalue weighted by Gasteiger charge is -2.15. The molecule has 31 heavy (non-hydrogen) atoms. The highest BCUT2D eigenvalue weighted by atomic mass is 32.2. The van der Waals surface area contributed by atoms with Crippen molar-refractivity contribution in [2.24, 2.45) is 0 Å². The molecular weight excluding hydrogens is 410 g/mol. The van der Waals surface area contributed by atoms with Crippen LogP contribution in [0, 0.1) is 13.8 Å². The van der Waals surface area contributed by atoms with Gasteiger partial charge in [-0.2, -0.15) is 4.31 Å². The van der Waals surface area contributed by atoms with Crippen molar-refractivity contribution in [3.63, 3.8) is 0 Å². The molecule has 5 nitrogen and oxygen atoms in total. The van der Waals surface area contributed by atoms with Crippen LogP contribution >= 0.6 is 0 Å². The molecule has 3 aromatic rings. The van der Waals surface area contributed by atoms with E-state index < -0.39 is 22.5 Å². The number of aliphatic carboxylic acids is 1. The van der Waals surface area contributed by atoms with Crippen molar-refractivity contribution in [2.75, 3.05) is 13.6 Å². The van der Waals surface area contributed by atoms with Gasteiger partial charge in [-0.3, -0.25) is 4.79 Å². The minimum atomic E-state index is -3.73. The molecule has 1 N–H and O–H groups in total. The highest BCUT2D eigenvalue weighted by Crippen LogP contribution is 2.17. The monoisotopic (exact) mass is 445 g/mol. The molecule has 0 fully saturated rings. The standard InChI is InChI=1S/C11H15NO4S.C10H8.2C2H6/c1-8-4-9(2)6-10(5-8)17(15,16)12(3)7-11(13)14;1-2-6-10-8-4-3-7-9(10)5-1;2*1-2/h4-6H,7H2,1-3H3,(H,13,14);1-8H;2*1-2H3. The van der Waals surface area contributed by atoms with Crippen LogP contribution in [0.3, 0.4) is 0 Å². The van der Waals surface area contributed by atoms with Gasteiger partial charge in [0, 0.05) is 7.05 Å². The second-order valence-electron chi connectivity index (χ2n) is 6.33. The molecule has 0 aliphatic carbocycles. The van der Waals surface area contributed by atoms with E-state index in [1.165, 1.54) is 30.0 Å². The van der Waals surface area contributed by atoms with Crippen molar-refractivity contribution in [1.82, 2.24) is 4.31 Å². The van der Waals surface area contributed by atoms with E-state index in [1.807, 2.05) is 33.8 Å². The summed E-state index contributed by atoms with van der Waals surface area (Å²) in [6.45, 7) is 11.0. The maximum atomic E-state index is 12.0. The number of hydrogen-bond donors (Lipinski definition) is 1. The number of carbonyl (C=O) groups is 1. The molecule has 0 unspecified atom stereocenters. The Hall–Kier alpha value is -2.70. The Morgan fingerprint density at radius 1 is 0.806 bits per heavy atom. The second kappa shape index (κ2) is 14.3. The molecule has 6 heteroatoms. The Bertz CT molecular complexity index is 961. The van der Waals surface area contributed by atoms with Gasteiger partial charge in [0.2, 0.25) is 10.0 Å². The molecule has 3 aromatic carbocycles. The first kappa shape index (κ1) is 28.3. The van der Waals surface area contributed by atoms with Crippen molar-refractivity contribution < 1.29 is 18.3 Å². The van der Waals surface area contributed by atoms with Gasteiger partial charge in [-0.15, -0.1) is 0 Å². The second-order valence-corrected chi connectivity index (χ2v) is 8.37. The first-order valence-corrected chi connectivity index (χ1v) is 11.8. The molecule has 0 aliphatic heterocycles. The zero-order valence-electron chi connectivity index (χ0n) is 19.6. The fraction of sp³-hybridized carbons (Fsp3) is 0.320. The van der Waals surface area contributed by atoms with Gasteiger partial charge in [0.05, 0.1) is 4.90 Å². The zero-order chi connectivity index (χ0) is 24.0. The maximum Gasteiger partial charge on any atom is 0.318 e. The number of sulfonamides is 1. The molecule has 0 saturated carbocycles. The van der Waals surface area contributed by atoms with Crippen LogP contribution in [-0.4, -0.2) is 37.4 Å². The Morgan fingerprint density at radius 3 is 1.48 bits per heavy atom. The predicted octanol–water partition coefficient (Wildman–Crippen LogP) is 5.90. The molecule has 170 valence electrons. The number of carboxylic acids is 1. The molecule has 0 aromatic heterocycles. The van der Waals surface area contributed by atoms with Gasteiger partial charge in [-0.1, -0.05) is 82.3 Å². The molecule has 3 rings (SSSR count). The zero-order valence-corrected chi connectivity index (χ0v) is 20.4. The molecule has 0 bridgehead atoms. The van der Waals surface area contributed by atoms with Crippen molar-refractivity contribution in [3.8, 4) is 0 Å². The summed E-state index contributed by atoms with van der Waals surface area (Å²) in [6, 6.07) is 21.6. The van der Waals surface area contributed by atoms with Crippen molar-refractivity contribution >= 4 is 26.8 Å². The van der Waals surface area contributed by atoms with Crippen LogP contribution in [0.2, 0.25) is 0 Å². The Balaban J connectivity index is 0.000000542. The first-order chi connectivity index (χ1) is 14.7. The number of aryl methyl sites for hydroxylation is 2. The van der Waals surface area contributed by atoms with Gasteiger partial charge in [-0.25, -0.2) is 8.42 Å². The van der Waals surface area contributed by atoms with Crippen molar-refractivity contribution in [2.45, 2.75) is 46.4 Å². The SMILES string of the molecule is CC.CC.Cc1cc(C)cc(S(=O)(=O)N(C)CC(=O)O)c1.c1ccc2ccccc2c1. The number of benzene rings is 3. The van der Waals surface area contributed by atoms with Crippen molar-refractivity contribution in [3.05, 3.63) is 77.9 Å². The molecular formula is C25H35NO4S. The summed E-state index contributed by atoms with van der Waals surface area (Å²) in [7, 11) is -2.48. The molecule has 0 radical (unpaired) electrons. The van der Waals surface area contributed by atoms with E-state index in [4.69, 9.17) is 5.11 Å². The van der Waals surface area contributed by atoms with Crippen LogP contribution in [-0.2, 0) is 14.8 Å². The number of hydrogen-bond acceptors (Lipinski definition) is 3. The highest BCUT2D eigenvalue weighted by molar-refractivity contribution is 7.89. The number of carboxylic acid groups (broad SMARTS) is 1. The molecule has 0 atom stereocenters. The lowest BCUT2D eigenvalue weighted by molar-refractivity contribution is -0.137. The van der Waals surface area contributed by atoms with Gasteiger partial charge in [0.15, 0.2) is 0 Å². The van der Waals surface area contributed by atoms with Gasteiger partial charge >= 0.3 is 5.97 Å². The Morgan fingerprint density at radius 2 is 1.16 bits per heavy atom. The maximum absolute atomic E-state index is 12.0. The average molecular weight is 446 g/mol. The summed E-state index contributed by atoms with van der Waals surface area (Å²) in [5.41, 5.74) is 1.65. The summed E-state index contributed by atoms with van der Waals surface area (Å²) in [5.74, 6) is -1.18. The number of nitrogens with zero attached hydrogens (tertiary/aromatic N) is 1.